The van der Waals surface area contributed by atoms with Crippen molar-refractivity contribution in [1.82, 2.24) is 0 Å². The van der Waals surface area contributed by atoms with Crippen molar-refractivity contribution < 1.29 is 54.1 Å². The van der Waals surface area contributed by atoms with Crippen LogP contribution >= 0.6 is 0 Å². The summed E-state index contributed by atoms with van der Waals surface area (Å²) in [6.45, 7) is 15.5. The summed E-state index contributed by atoms with van der Waals surface area (Å²) < 4.78 is 133. The molecule has 4 aliphatic carbocycles. The first-order valence-corrected chi connectivity index (χ1v) is 32.5. The second-order valence-corrected chi connectivity index (χ2v) is 24.1. The standard InChI is InChI=1S/2C19H28F2O.C17H24F2O.C16H22F2O/c1-3-5-6-7-14-8-10-15(11-9-14)16-12-13-17(22-4-2)19(21)18(16)20;1-3-5-13-22-17-12-11-16(18(20)19(17)21)15-9-7-14(6-4-2)8-10-15;1-3-5-12-6-8-13(9-7-12)14-10-11-15(20-4-2)17(19)16(14)18;1-3-4-11-5-7-12(8-6-11)13-9-10-14(19-2)16(18)15(13)17/h12-15H,3-11H2,1-2H3;11-12,14-15H,3-10,13H2,1-2H3;10-13H,3-9H2,1-2H3;9-12H,3-8H2,1-2H3. The fraction of sp³-hybridized carbons (Fsp3) is 0.662. The first-order valence-electron chi connectivity index (χ1n) is 32.5. The maximum atomic E-state index is 14.3. The Morgan fingerprint density at radius 3 is 0.855 bits per heavy atom. The summed E-state index contributed by atoms with van der Waals surface area (Å²) in [4.78, 5) is 0. The Hall–Kier alpha value is -4.48. The molecule has 0 aliphatic heterocycles. The number of hydrogen-bond acceptors (Lipinski definition) is 4. The summed E-state index contributed by atoms with van der Waals surface area (Å²) in [5.41, 5.74) is 2.12. The monoisotopic (exact) mass is 1170 g/mol. The van der Waals surface area contributed by atoms with E-state index < -0.39 is 46.5 Å². The van der Waals surface area contributed by atoms with Crippen LogP contribution in [0.25, 0.3) is 0 Å². The van der Waals surface area contributed by atoms with Crippen molar-refractivity contribution in [2.45, 2.75) is 252 Å². The molecule has 4 aromatic carbocycles. The highest BCUT2D eigenvalue weighted by Crippen LogP contribution is 2.44. The molecule has 8 rings (SSSR count). The van der Waals surface area contributed by atoms with Gasteiger partial charge in [-0.05, 0) is 217 Å². The maximum Gasteiger partial charge on any atom is 0.200 e. The van der Waals surface area contributed by atoms with Gasteiger partial charge in [0.25, 0.3) is 0 Å². The minimum absolute atomic E-state index is 0.0130. The third-order valence-electron chi connectivity index (χ3n) is 18.3. The van der Waals surface area contributed by atoms with E-state index in [4.69, 9.17) is 18.9 Å². The Labute approximate surface area is 495 Å². The largest absolute Gasteiger partial charge is 0.494 e. The van der Waals surface area contributed by atoms with E-state index in [-0.39, 0.29) is 46.7 Å². The molecule has 12 heteroatoms. The Bertz CT molecular complexity index is 2470. The van der Waals surface area contributed by atoms with E-state index >= 15 is 0 Å². The first kappa shape index (κ1) is 69.3. The van der Waals surface area contributed by atoms with Gasteiger partial charge in [0.1, 0.15) is 0 Å². The molecule has 466 valence electrons. The van der Waals surface area contributed by atoms with Crippen LogP contribution in [0, 0.1) is 70.2 Å². The zero-order valence-corrected chi connectivity index (χ0v) is 51.8. The van der Waals surface area contributed by atoms with Crippen LogP contribution in [0.3, 0.4) is 0 Å². The summed E-state index contributed by atoms with van der Waals surface area (Å²) in [6, 6.07) is 13.1. The minimum atomic E-state index is -0.851. The van der Waals surface area contributed by atoms with Gasteiger partial charge in [-0.3, -0.25) is 0 Å². The van der Waals surface area contributed by atoms with Crippen molar-refractivity contribution in [1.29, 1.82) is 0 Å². The van der Waals surface area contributed by atoms with E-state index in [0.29, 0.717) is 42.1 Å². The zero-order chi connectivity index (χ0) is 60.3. The third kappa shape index (κ3) is 20.6. The molecule has 0 heterocycles. The highest BCUT2D eigenvalue weighted by atomic mass is 19.2. The van der Waals surface area contributed by atoms with Crippen molar-refractivity contribution in [3.05, 3.63) is 117 Å². The van der Waals surface area contributed by atoms with Gasteiger partial charge in [0.2, 0.25) is 23.3 Å². The molecule has 0 saturated heterocycles. The van der Waals surface area contributed by atoms with E-state index in [9.17, 15) is 35.1 Å². The summed E-state index contributed by atoms with van der Waals surface area (Å²) >= 11 is 0. The first-order chi connectivity index (χ1) is 40.2. The highest BCUT2D eigenvalue weighted by molar-refractivity contribution is 5.36. The number of benzene rings is 4. The van der Waals surface area contributed by atoms with Crippen LogP contribution in [0.4, 0.5) is 35.1 Å². The Balaban J connectivity index is 0.000000203. The molecule has 0 radical (unpaired) electrons. The number of hydrogen-bond donors (Lipinski definition) is 0. The fourth-order valence-corrected chi connectivity index (χ4v) is 13.5. The van der Waals surface area contributed by atoms with Crippen molar-refractivity contribution in [3.8, 4) is 23.0 Å². The summed E-state index contributed by atoms with van der Waals surface area (Å²) in [5.74, 6) is -2.36. The number of methoxy groups -OCH3 is 1. The molecule has 0 amide bonds. The predicted molar refractivity (Wildman–Crippen MR) is 322 cm³/mol. The molecule has 0 atom stereocenters. The van der Waals surface area contributed by atoms with Gasteiger partial charge in [-0.1, -0.05) is 130 Å². The number of rotatable bonds is 23. The topological polar surface area (TPSA) is 36.9 Å². The zero-order valence-electron chi connectivity index (χ0n) is 51.8. The molecule has 0 aromatic heterocycles. The van der Waals surface area contributed by atoms with Crippen molar-refractivity contribution in [2.24, 2.45) is 23.7 Å². The molecule has 4 nitrogen and oxygen atoms in total. The highest BCUT2D eigenvalue weighted by Gasteiger charge is 2.30. The van der Waals surface area contributed by atoms with Crippen LogP contribution in [0.15, 0.2) is 48.5 Å². The summed E-state index contributed by atoms with van der Waals surface area (Å²) in [5, 5.41) is 0. The molecule has 83 heavy (non-hydrogen) atoms. The fourth-order valence-electron chi connectivity index (χ4n) is 13.5. The van der Waals surface area contributed by atoms with E-state index in [1.807, 2.05) is 6.92 Å². The average Bonchev–Trinajstić information content (AvgIpc) is 3.71. The molecule has 0 unspecified atom stereocenters. The SMILES string of the molecule is CCCC1CCC(c2ccc(OC)c(F)c2F)CC1.CCCC1CCC(c2ccc(OCC)c(F)c2F)CC1.CCCCCC1CCC(c2ccc(OCC)c(F)c2F)CC1.CCCCOc1ccc(C2CCC(CCC)CC2)c(F)c1F. The van der Waals surface area contributed by atoms with Crippen molar-refractivity contribution in [2.75, 3.05) is 26.9 Å². The van der Waals surface area contributed by atoms with Crippen LogP contribution < -0.4 is 18.9 Å². The lowest BCUT2D eigenvalue weighted by Gasteiger charge is -2.29. The smallest absolute Gasteiger partial charge is 0.200 e. The molecule has 0 N–H and O–H groups in total. The maximum absolute atomic E-state index is 14.3. The second kappa shape index (κ2) is 37.2. The van der Waals surface area contributed by atoms with Crippen LogP contribution in [-0.2, 0) is 0 Å². The number of halogens is 8. The Morgan fingerprint density at radius 2 is 0.578 bits per heavy atom. The van der Waals surface area contributed by atoms with Gasteiger partial charge in [0.15, 0.2) is 46.3 Å². The summed E-state index contributed by atoms with van der Waals surface area (Å²) in [6.07, 6.45) is 31.2. The van der Waals surface area contributed by atoms with Gasteiger partial charge in [-0.25, -0.2) is 17.6 Å². The van der Waals surface area contributed by atoms with Crippen molar-refractivity contribution >= 4 is 0 Å². The summed E-state index contributed by atoms with van der Waals surface area (Å²) in [7, 11) is 1.35. The van der Waals surface area contributed by atoms with Crippen molar-refractivity contribution in [3.63, 3.8) is 0 Å². The van der Waals surface area contributed by atoms with E-state index in [1.165, 1.54) is 77.4 Å². The molecule has 4 aromatic rings. The van der Waals surface area contributed by atoms with E-state index in [1.54, 1.807) is 56.3 Å². The normalized spacial score (nSPS) is 22.4. The van der Waals surface area contributed by atoms with Crippen LogP contribution in [0.5, 0.6) is 23.0 Å². The molecular formula is C71H102F8O4. The molecule has 4 saturated carbocycles. The van der Waals surface area contributed by atoms with Crippen LogP contribution in [-0.4, -0.2) is 26.9 Å². The third-order valence-corrected chi connectivity index (χ3v) is 18.3. The molecule has 4 aliphatic rings. The molecule has 0 bridgehead atoms. The van der Waals surface area contributed by atoms with E-state index in [2.05, 4.69) is 27.7 Å². The molecule has 0 spiro atoms. The number of unbranched alkanes of at least 4 members (excludes halogenated alkanes) is 3. The Morgan fingerprint density at radius 1 is 0.301 bits per heavy atom. The van der Waals surface area contributed by atoms with Gasteiger partial charge in [-0.2, -0.15) is 17.6 Å². The van der Waals surface area contributed by atoms with Gasteiger partial charge in [0, 0.05) is 0 Å². The lowest BCUT2D eigenvalue weighted by Crippen LogP contribution is -2.15. The van der Waals surface area contributed by atoms with Gasteiger partial charge >= 0.3 is 0 Å². The van der Waals surface area contributed by atoms with Gasteiger partial charge in [-0.15, -0.1) is 0 Å². The Kier molecular flexibility index (Phi) is 31.0. The van der Waals surface area contributed by atoms with Gasteiger partial charge in [0.05, 0.1) is 26.9 Å². The average molecular weight is 1170 g/mol. The van der Waals surface area contributed by atoms with Crippen LogP contribution in [0.1, 0.15) is 274 Å². The molecule has 4 fully saturated rings. The quantitative estimate of drug-likeness (QED) is 0.0548. The molecular weight excluding hydrogens is 1070 g/mol. The predicted octanol–water partition coefficient (Wildman–Crippen LogP) is 22.9. The minimum Gasteiger partial charge on any atom is -0.494 e. The lowest BCUT2D eigenvalue weighted by atomic mass is 9.77. The van der Waals surface area contributed by atoms with Gasteiger partial charge < -0.3 is 18.9 Å². The number of ether oxygens (including phenoxy) is 4. The second-order valence-electron chi connectivity index (χ2n) is 24.1. The van der Waals surface area contributed by atoms with E-state index in [0.717, 1.165) is 139 Å². The lowest BCUT2D eigenvalue weighted by molar-refractivity contribution is 0.283. The van der Waals surface area contributed by atoms with Crippen LogP contribution in [0.2, 0.25) is 0 Å².